The highest BCUT2D eigenvalue weighted by molar-refractivity contribution is 6.63. The van der Waals surface area contributed by atoms with E-state index in [1.54, 1.807) is 0 Å². The van der Waals surface area contributed by atoms with Gasteiger partial charge in [-0.1, -0.05) is 46.2 Å². The second kappa shape index (κ2) is 5.91. The molecule has 1 nitrogen and oxygen atoms in total. The van der Waals surface area contributed by atoms with Crippen LogP contribution in [-0.4, -0.2) is 34.3 Å². The van der Waals surface area contributed by atoms with Crippen LogP contribution in [0.3, 0.4) is 0 Å². The van der Waals surface area contributed by atoms with E-state index in [2.05, 4.69) is 53.6 Å². The average molecular weight is 215 g/mol. The molecule has 0 aromatic heterocycles. The summed E-state index contributed by atoms with van der Waals surface area (Å²) in [7, 11) is 3.76. The van der Waals surface area contributed by atoms with Crippen LogP contribution in [0.15, 0.2) is 0 Å². The van der Waals surface area contributed by atoms with Crippen molar-refractivity contribution in [2.24, 2.45) is 0 Å². The molecule has 1 atom stereocenters. The smallest absolute Gasteiger partial charge is 0.0448 e. The van der Waals surface area contributed by atoms with Crippen LogP contribution in [0.4, 0.5) is 0 Å². The van der Waals surface area contributed by atoms with Crippen molar-refractivity contribution >= 4 is 8.80 Å². The molecule has 0 aliphatic rings. The molecule has 86 valence electrons. The van der Waals surface area contributed by atoms with Gasteiger partial charge in [-0.15, -0.1) is 0 Å². The molecule has 0 aliphatic heterocycles. The van der Waals surface area contributed by atoms with E-state index < -0.39 is 8.80 Å². The maximum Gasteiger partial charge on any atom is 0.0448 e. The first-order valence-corrected chi connectivity index (χ1v) is 7.96. The van der Waals surface area contributed by atoms with Crippen LogP contribution < -0.4 is 0 Å². The fourth-order valence-corrected chi connectivity index (χ4v) is 6.55. The first-order valence-electron chi connectivity index (χ1n) is 5.90. The molecule has 0 aromatic carbocycles. The second-order valence-electron chi connectivity index (χ2n) is 6.16. The molecule has 0 saturated heterocycles. The molecule has 0 rings (SSSR count). The molecule has 0 radical (unpaired) electrons. The van der Waals surface area contributed by atoms with Crippen LogP contribution in [0.2, 0.25) is 16.6 Å². The van der Waals surface area contributed by atoms with Crippen molar-refractivity contribution in [3.63, 3.8) is 0 Å². The van der Waals surface area contributed by atoms with Gasteiger partial charge in [-0.3, -0.25) is 0 Å². The minimum Gasteiger partial charge on any atom is -0.309 e. The molecule has 0 aromatic rings. The zero-order valence-corrected chi connectivity index (χ0v) is 12.4. The van der Waals surface area contributed by atoms with Gasteiger partial charge in [-0.25, -0.2) is 0 Å². The van der Waals surface area contributed by atoms with Crippen LogP contribution >= 0.6 is 0 Å². The molecule has 1 unspecified atom stereocenters. The Morgan fingerprint density at radius 1 is 1.14 bits per heavy atom. The summed E-state index contributed by atoms with van der Waals surface area (Å²) in [4.78, 5) is 2.30. The standard InChI is InChI=1S/C12H29NSi/c1-11(2)14(12(3,4)5)10-8-9-13(6)7/h11,14H,8-10H2,1-7H3. The molecule has 2 heteroatoms. The Labute approximate surface area is 92.5 Å². The number of hydrogen-bond donors (Lipinski definition) is 0. The Morgan fingerprint density at radius 3 is 1.93 bits per heavy atom. The summed E-state index contributed by atoms with van der Waals surface area (Å²) in [6, 6.07) is 1.50. The van der Waals surface area contributed by atoms with Gasteiger partial charge in [0, 0.05) is 8.80 Å². The van der Waals surface area contributed by atoms with Gasteiger partial charge in [-0.2, -0.15) is 0 Å². The van der Waals surface area contributed by atoms with Crippen molar-refractivity contribution in [2.75, 3.05) is 20.6 Å². The molecular weight excluding hydrogens is 186 g/mol. The highest BCUT2D eigenvalue weighted by Gasteiger charge is 2.28. The van der Waals surface area contributed by atoms with Gasteiger partial charge in [0.15, 0.2) is 0 Å². The Kier molecular flexibility index (Phi) is 5.99. The maximum atomic E-state index is 2.43. The lowest BCUT2D eigenvalue weighted by atomic mass is 10.2. The molecule has 0 N–H and O–H groups in total. The predicted molar refractivity (Wildman–Crippen MR) is 69.9 cm³/mol. The Morgan fingerprint density at radius 2 is 1.64 bits per heavy atom. The Bertz CT molecular complexity index is 147. The number of hydrogen-bond acceptors (Lipinski definition) is 1. The van der Waals surface area contributed by atoms with E-state index in [0.29, 0.717) is 5.04 Å². The summed E-state index contributed by atoms with van der Waals surface area (Å²) in [5, 5.41) is 0.598. The summed E-state index contributed by atoms with van der Waals surface area (Å²) >= 11 is 0. The first-order chi connectivity index (χ1) is 6.25. The van der Waals surface area contributed by atoms with E-state index in [0.717, 1.165) is 5.54 Å². The highest BCUT2D eigenvalue weighted by Crippen LogP contribution is 2.36. The lowest BCUT2D eigenvalue weighted by molar-refractivity contribution is 0.407. The van der Waals surface area contributed by atoms with Crippen molar-refractivity contribution in [1.29, 1.82) is 0 Å². The number of rotatable bonds is 5. The highest BCUT2D eigenvalue weighted by atomic mass is 28.3. The van der Waals surface area contributed by atoms with Gasteiger partial charge in [-0.05, 0) is 32.1 Å². The third kappa shape index (κ3) is 5.81. The summed E-state index contributed by atoms with van der Waals surface area (Å²) in [6.45, 7) is 13.4. The van der Waals surface area contributed by atoms with Crippen LogP contribution in [-0.2, 0) is 0 Å². The molecule has 0 saturated carbocycles. The van der Waals surface area contributed by atoms with Crippen LogP contribution in [0.25, 0.3) is 0 Å². The second-order valence-corrected chi connectivity index (χ2v) is 11.0. The van der Waals surface area contributed by atoms with E-state index in [9.17, 15) is 0 Å². The van der Waals surface area contributed by atoms with Crippen LogP contribution in [0, 0.1) is 0 Å². The van der Waals surface area contributed by atoms with E-state index >= 15 is 0 Å². The summed E-state index contributed by atoms with van der Waals surface area (Å²) in [5.41, 5.74) is 0.942. The van der Waals surface area contributed by atoms with Gasteiger partial charge in [0.05, 0.1) is 0 Å². The lowest BCUT2D eigenvalue weighted by Crippen LogP contribution is -2.29. The third-order valence-electron chi connectivity index (χ3n) is 3.04. The van der Waals surface area contributed by atoms with Gasteiger partial charge in [0.25, 0.3) is 0 Å². The van der Waals surface area contributed by atoms with Crippen molar-refractivity contribution < 1.29 is 0 Å². The van der Waals surface area contributed by atoms with E-state index in [-0.39, 0.29) is 0 Å². The van der Waals surface area contributed by atoms with Crippen molar-refractivity contribution in [3.05, 3.63) is 0 Å². The zero-order chi connectivity index (χ0) is 11.4. The van der Waals surface area contributed by atoms with Gasteiger partial charge < -0.3 is 4.90 Å². The Balaban J connectivity index is 4.00. The van der Waals surface area contributed by atoms with Gasteiger partial charge in [0.1, 0.15) is 0 Å². The minimum absolute atomic E-state index is 0.581. The number of nitrogens with zero attached hydrogens (tertiary/aromatic N) is 1. The molecule has 14 heavy (non-hydrogen) atoms. The van der Waals surface area contributed by atoms with E-state index in [4.69, 9.17) is 0 Å². The average Bonchev–Trinajstić information content (AvgIpc) is 1.94. The predicted octanol–water partition coefficient (Wildman–Crippen LogP) is 3.38. The van der Waals surface area contributed by atoms with Crippen molar-refractivity contribution in [3.8, 4) is 0 Å². The van der Waals surface area contributed by atoms with Gasteiger partial charge >= 0.3 is 0 Å². The summed E-state index contributed by atoms with van der Waals surface area (Å²) in [6.07, 6.45) is 1.39. The topological polar surface area (TPSA) is 3.24 Å². The molecule has 0 spiro atoms. The van der Waals surface area contributed by atoms with E-state index in [1.807, 2.05) is 0 Å². The molecular formula is C12H29NSi. The fraction of sp³-hybridized carbons (Fsp3) is 1.00. The maximum absolute atomic E-state index is 2.43. The van der Waals surface area contributed by atoms with Crippen LogP contribution in [0.5, 0.6) is 0 Å². The molecule has 0 aliphatic carbocycles. The molecule has 0 bridgehead atoms. The molecule has 0 heterocycles. The summed E-state index contributed by atoms with van der Waals surface area (Å²) in [5.74, 6) is 0. The monoisotopic (exact) mass is 215 g/mol. The van der Waals surface area contributed by atoms with Crippen molar-refractivity contribution in [2.45, 2.75) is 57.7 Å². The van der Waals surface area contributed by atoms with Crippen LogP contribution in [0.1, 0.15) is 41.0 Å². The molecule has 0 fully saturated rings. The fourth-order valence-electron chi connectivity index (χ4n) is 2.39. The lowest BCUT2D eigenvalue weighted by Gasteiger charge is -2.33. The minimum atomic E-state index is -0.581. The van der Waals surface area contributed by atoms with E-state index in [1.165, 1.54) is 19.0 Å². The zero-order valence-electron chi connectivity index (χ0n) is 11.2. The van der Waals surface area contributed by atoms with Gasteiger partial charge in [0.2, 0.25) is 0 Å². The molecule has 0 amide bonds. The normalized spacial score (nSPS) is 15.2. The summed E-state index contributed by atoms with van der Waals surface area (Å²) < 4.78 is 0. The Hall–Kier alpha value is 0.177. The quantitative estimate of drug-likeness (QED) is 0.636. The first kappa shape index (κ1) is 14.2. The third-order valence-corrected chi connectivity index (χ3v) is 7.90. The SMILES string of the molecule is CC(C)[SiH](CCCN(C)C)C(C)(C)C. The van der Waals surface area contributed by atoms with Crippen molar-refractivity contribution in [1.82, 2.24) is 4.90 Å². The largest absolute Gasteiger partial charge is 0.309 e.